The van der Waals surface area contributed by atoms with Crippen LogP contribution < -0.4 is 10.9 Å². The molecule has 0 aliphatic heterocycles. The van der Waals surface area contributed by atoms with Gasteiger partial charge in [-0.25, -0.2) is 27.5 Å². The van der Waals surface area contributed by atoms with Crippen molar-refractivity contribution in [2.24, 2.45) is 0 Å². The lowest BCUT2D eigenvalue weighted by Crippen LogP contribution is -2.32. The number of alkyl halides is 3. The van der Waals surface area contributed by atoms with E-state index in [1.807, 2.05) is 0 Å². The van der Waals surface area contributed by atoms with Crippen molar-refractivity contribution in [1.29, 1.82) is 0 Å². The van der Waals surface area contributed by atoms with Crippen molar-refractivity contribution >= 4 is 32.7 Å². The summed E-state index contributed by atoms with van der Waals surface area (Å²) in [5.74, 6) is -0.707. The van der Waals surface area contributed by atoms with E-state index in [2.05, 4.69) is 31.2 Å². The molecule has 1 aliphatic carbocycles. The average Bonchev–Trinajstić information content (AvgIpc) is 3.51. The van der Waals surface area contributed by atoms with E-state index in [4.69, 9.17) is 0 Å². The van der Waals surface area contributed by atoms with Gasteiger partial charge in [0.15, 0.2) is 0 Å². The Labute approximate surface area is 170 Å². The Bertz CT molecular complexity index is 1150. The van der Waals surface area contributed by atoms with Crippen LogP contribution in [0.4, 0.5) is 23.4 Å². The zero-order chi connectivity index (χ0) is 20.8. The van der Waals surface area contributed by atoms with Crippen molar-refractivity contribution in [3.8, 4) is 0 Å². The summed E-state index contributed by atoms with van der Waals surface area (Å²) in [6.07, 6.45) is 0.888. The molecule has 0 bridgehead atoms. The summed E-state index contributed by atoms with van der Waals surface area (Å²) in [7, 11) is 0. The molecule has 2 aromatic heterocycles. The van der Waals surface area contributed by atoms with Crippen molar-refractivity contribution in [2.45, 2.75) is 31.4 Å². The standard InChI is InChI=1S/C19H15BrF4N4O/c20-13-15-12(7-28(18(13)29)19(8-21)4-5-19)17(27-9-26-15)25-6-10-2-1-3-11(14(10)22)16(23)24/h1-3,7,9,16H,4-6,8H2,(H,25,26,27). The second-order valence-electron chi connectivity index (χ2n) is 6.94. The molecule has 2 heterocycles. The van der Waals surface area contributed by atoms with Gasteiger partial charge in [0.1, 0.15) is 29.1 Å². The first-order valence-corrected chi connectivity index (χ1v) is 9.59. The molecule has 0 spiro atoms. The van der Waals surface area contributed by atoms with Gasteiger partial charge in [-0.1, -0.05) is 18.2 Å². The molecule has 0 atom stereocenters. The number of fused-ring (bicyclic) bond motifs is 1. The van der Waals surface area contributed by atoms with Crippen molar-refractivity contribution in [1.82, 2.24) is 14.5 Å². The SMILES string of the molecule is O=c1c(Br)c2ncnc(NCc3cccc(C(F)F)c3F)c2cn1C1(CF)CC1. The van der Waals surface area contributed by atoms with Crippen LogP contribution in [-0.4, -0.2) is 21.2 Å². The molecule has 5 nitrogen and oxygen atoms in total. The lowest BCUT2D eigenvalue weighted by Gasteiger charge is -2.18. The zero-order valence-electron chi connectivity index (χ0n) is 14.9. The number of hydrogen-bond acceptors (Lipinski definition) is 4. The highest BCUT2D eigenvalue weighted by Crippen LogP contribution is 2.43. The summed E-state index contributed by atoms with van der Waals surface area (Å²) in [5, 5.41) is 3.34. The van der Waals surface area contributed by atoms with E-state index < -0.39 is 35.6 Å². The average molecular weight is 471 g/mol. The maximum absolute atomic E-state index is 14.3. The van der Waals surface area contributed by atoms with E-state index in [0.29, 0.717) is 23.7 Å². The van der Waals surface area contributed by atoms with Gasteiger partial charge < -0.3 is 9.88 Å². The van der Waals surface area contributed by atoms with E-state index in [1.165, 1.54) is 29.2 Å². The minimum absolute atomic E-state index is 0.0457. The van der Waals surface area contributed by atoms with E-state index >= 15 is 0 Å². The number of pyridine rings is 1. The minimum atomic E-state index is -2.92. The molecule has 10 heteroatoms. The molecular weight excluding hydrogens is 456 g/mol. The highest BCUT2D eigenvalue weighted by atomic mass is 79.9. The molecule has 0 amide bonds. The van der Waals surface area contributed by atoms with Gasteiger partial charge in [0.25, 0.3) is 12.0 Å². The number of rotatable bonds is 6. The fraction of sp³-hybridized carbons (Fsp3) is 0.316. The largest absolute Gasteiger partial charge is 0.365 e. The Morgan fingerprint density at radius 2 is 2.03 bits per heavy atom. The van der Waals surface area contributed by atoms with Gasteiger partial charge in [-0.15, -0.1) is 0 Å². The summed E-state index contributed by atoms with van der Waals surface area (Å²) in [6, 6.07) is 3.78. The maximum atomic E-state index is 14.3. The van der Waals surface area contributed by atoms with Gasteiger partial charge in [-0.05, 0) is 28.8 Å². The number of hydrogen-bond donors (Lipinski definition) is 1. The second kappa shape index (κ2) is 7.40. The molecule has 1 aliphatic rings. The van der Waals surface area contributed by atoms with Crippen LogP contribution in [0.3, 0.4) is 0 Å². The second-order valence-corrected chi connectivity index (χ2v) is 7.73. The summed E-state index contributed by atoms with van der Waals surface area (Å²) >= 11 is 3.23. The van der Waals surface area contributed by atoms with E-state index in [9.17, 15) is 22.4 Å². The monoisotopic (exact) mass is 470 g/mol. The van der Waals surface area contributed by atoms with Crippen LogP contribution in [0, 0.1) is 5.82 Å². The third-order valence-electron chi connectivity index (χ3n) is 5.13. The minimum Gasteiger partial charge on any atom is -0.365 e. The van der Waals surface area contributed by atoms with E-state index in [-0.39, 0.29) is 22.4 Å². The van der Waals surface area contributed by atoms with Crippen LogP contribution in [0.1, 0.15) is 30.4 Å². The summed E-state index contributed by atoms with van der Waals surface area (Å²) < 4.78 is 55.1. The molecule has 1 fully saturated rings. The molecule has 29 heavy (non-hydrogen) atoms. The number of nitrogens with one attached hydrogen (secondary N) is 1. The molecule has 1 N–H and O–H groups in total. The quantitative estimate of drug-likeness (QED) is 0.530. The van der Waals surface area contributed by atoms with Crippen molar-refractivity contribution in [2.75, 3.05) is 12.0 Å². The Balaban J connectivity index is 1.74. The maximum Gasteiger partial charge on any atom is 0.267 e. The highest BCUT2D eigenvalue weighted by Gasteiger charge is 2.46. The fourth-order valence-electron chi connectivity index (χ4n) is 3.25. The predicted octanol–water partition coefficient (Wildman–Crippen LogP) is 4.70. The number of benzene rings is 1. The number of aromatic nitrogens is 3. The summed E-state index contributed by atoms with van der Waals surface area (Å²) in [5.41, 5.74) is -1.57. The van der Waals surface area contributed by atoms with E-state index in [1.54, 1.807) is 0 Å². The third kappa shape index (κ3) is 3.39. The molecular formula is C19H15BrF4N4O. The Hall–Kier alpha value is -2.49. The van der Waals surface area contributed by atoms with Crippen LogP contribution in [0.2, 0.25) is 0 Å². The first kappa shape index (κ1) is 19.8. The van der Waals surface area contributed by atoms with Crippen LogP contribution in [-0.2, 0) is 12.1 Å². The van der Waals surface area contributed by atoms with Gasteiger partial charge in [0, 0.05) is 18.3 Å². The van der Waals surface area contributed by atoms with Gasteiger partial charge in [0.2, 0.25) is 0 Å². The highest BCUT2D eigenvalue weighted by molar-refractivity contribution is 9.10. The van der Waals surface area contributed by atoms with Gasteiger partial charge in [-0.3, -0.25) is 4.79 Å². The smallest absolute Gasteiger partial charge is 0.267 e. The zero-order valence-corrected chi connectivity index (χ0v) is 16.5. The van der Waals surface area contributed by atoms with Crippen LogP contribution in [0.15, 0.2) is 40.0 Å². The normalized spacial score (nSPS) is 15.1. The van der Waals surface area contributed by atoms with Crippen LogP contribution >= 0.6 is 15.9 Å². The Morgan fingerprint density at radius 1 is 1.28 bits per heavy atom. The van der Waals surface area contributed by atoms with Crippen molar-refractivity contribution in [3.05, 3.63) is 62.5 Å². The Morgan fingerprint density at radius 3 is 2.69 bits per heavy atom. The van der Waals surface area contributed by atoms with Crippen LogP contribution in [0.25, 0.3) is 10.9 Å². The van der Waals surface area contributed by atoms with Crippen LogP contribution in [0.5, 0.6) is 0 Å². The molecule has 1 aromatic carbocycles. The fourth-order valence-corrected chi connectivity index (χ4v) is 3.75. The van der Waals surface area contributed by atoms with Gasteiger partial charge >= 0.3 is 0 Å². The molecule has 0 radical (unpaired) electrons. The molecule has 152 valence electrons. The number of halogens is 5. The first-order valence-electron chi connectivity index (χ1n) is 8.79. The third-order valence-corrected chi connectivity index (χ3v) is 5.85. The topological polar surface area (TPSA) is 59.8 Å². The van der Waals surface area contributed by atoms with Gasteiger partial charge in [0.05, 0.1) is 22.0 Å². The lowest BCUT2D eigenvalue weighted by molar-refractivity contribution is 0.146. The lowest BCUT2D eigenvalue weighted by atomic mass is 10.1. The Kier molecular flexibility index (Phi) is 5.05. The first-order chi connectivity index (χ1) is 13.9. The summed E-state index contributed by atoms with van der Waals surface area (Å²) in [4.78, 5) is 20.8. The number of nitrogens with zero attached hydrogens (tertiary/aromatic N) is 3. The molecule has 1 saturated carbocycles. The van der Waals surface area contributed by atoms with E-state index in [0.717, 1.165) is 6.07 Å². The van der Waals surface area contributed by atoms with Crippen molar-refractivity contribution in [3.63, 3.8) is 0 Å². The van der Waals surface area contributed by atoms with Crippen molar-refractivity contribution < 1.29 is 17.6 Å². The molecule has 0 unspecified atom stereocenters. The summed E-state index contributed by atoms with van der Waals surface area (Å²) in [6.45, 7) is -0.781. The molecule has 3 aromatic rings. The van der Waals surface area contributed by atoms with Gasteiger partial charge in [-0.2, -0.15) is 0 Å². The molecule has 0 saturated heterocycles. The predicted molar refractivity (Wildman–Crippen MR) is 103 cm³/mol. The molecule has 4 rings (SSSR count). The number of anilines is 1.